The van der Waals surface area contributed by atoms with Crippen LogP contribution in [0, 0.1) is 0 Å². The summed E-state index contributed by atoms with van der Waals surface area (Å²) >= 11 is 1.61. The molecule has 0 fully saturated rings. The van der Waals surface area contributed by atoms with E-state index in [1.54, 1.807) is 18.4 Å². The summed E-state index contributed by atoms with van der Waals surface area (Å²) < 4.78 is 5.21. The van der Waals surface area contributed by atoms with Crippen LogP contribution in [0.2, 0.25) is 0 Å². The second-order valence-corrected chi connectivity index (χ2v) is 8.03. The minimum absolute atomic E-state index is 0.00278. The average molecular weight is 429 g/mol. The molecule has 3 aromatic carbocycles. The van der Waals surface area contributed by atoms with Crippen LogP contribution in [0.15, 0.2) is 90.3 Å². The van der Waals surface area contributed by atoms with Crippen LogP contribution in [0.5, 0.6) is 5.75 Å². The quantitative estimate of drug-likeness (QED) is 0.414. The number of rotatable bonds is 8. The highest BCUT2D eigenvalue weighted by Gasteiger charge is 2.22. The summed E-state index contributed by atoms with van der Waals surface area (Å²) in [6.45, 7) is 0.542. The van der Waals surface area contributed by atoms with Gasteiger partial charge in [-0.05, 0) is 35.4 Å². The number of carbonyl (C=O) groups is 1. The molecule has 1 amide bonds. The molecule has 1 heterocycles. The lowest BCUT2D eigenvalue weighted by Gasteiger charge is -2.17. The van der Waals surface area contributed by atoms with Gasteiger partial charge >= 0.3 is 0 Å². The zero-order chi connectivity index (χ0) is 21.5. The molecule has 1 N–H and O–H groups in total. The number of aromatic nitrogens is 1. The smallest absolute Gasteiger partial charge is 0.232 e. The molecule has 0 radical (unpaired) electrons. The number of amides is 1. The molecular formula is C26H24N2O2S. The number of hydrogen-bond donors (Lipinski definition) is 1. The summed E-state index contributed by atoms with van der Waals surface area (Å²) in [6, 6.07) is 27.7. The fourth-order valence-corrected chi connectivity index (χ4v) is 4.35. The number of ether oxygens (including phenoxy) is 1. The maximum atomic E-state index is 13.1. The predicted molar refractivity (Wildman–Crippen MR) is 126 cm³/mol. The van der Waals surface area contributed by atoms with Crippen LogP contribution in [-0.4, -0.2) is 24.5 Å². The van der Waals surface area contributed by atoms with Gasteiger partial charge < -0.3 is 10.1 Å². The van der Waals surface area contributed by atoms with E-state index >= 15 is 0 Å². The summed E-state index contributed by atoms with van der Waals surface area (Å²) in [7, 11) is 1.66. The second kappa shape index (κ2) is 10.0. The van der Waals surface area contributed by atoms with Crippen LogP contribution in [0.4, 0.5) is 0 Å². The lowest BCUT2D eigenvalue weighted by Crippen LogP contribution is -2.31. The maximum absolute atomic E-state index is 13.1. The molecule has 4 rings (SSSR count). The largest absolute Gasteiger partial charge is 0.497 e. The van der Waals surface area contributed by atoms with E-state index in [-0.39, 0.29) is 11.8 Å². The van der Waals surface area contributed by atoms with E-state index in [2.05, 4.69) is 10.7 Å². The number of methoxy groups -OCH3 is 1. The van der Waals surface area contributed by atoms with Gasteiger partial charge in [-0.15, -0.1) is 11.3 Å². The Balaban J connectivity index is 1.40. The Kier molecular flexibility index (Phi) is 6.75. The van der Waals surface area contributed by atoms with E-state index in [9.17, 15) is 4.79 Å². The van der Waals surface area contributed by atoms with Crippen molar-refractivity contribution < 1.29 is 9.53 Å². The molecule has 0 saturated heterocycles. The van der Waals surface area contributed by atoms with Crippen LogP contribution in [0.1, 0.15) is 22.7 Å². The lowest BCUT2D eigenvalue weighted by atomic mass is 9.90. The van der Waals surface area contributed by atoms with E-state index in [0.29, 0.717) is 13.0 Å². The molecular weight excluding hydrogens is 404 g/mol. The minimum atomic E-state index is -0.326. The molecule has 0 unspecified atom stereocenters. The number of nitrogens with zero attached hydrogens (tertiary/aromatic N) is 1. The van der Waals surface area contributed by atoms with E-state index in [1.807, 2.05) is 84.9 Å². The van der Waals surface area contributed by atoms with Crippen molar-refractivity contribution >= 4 is 17.2 Å². The second-order valence-electron chi connectivity index (χ2n) is 7.17. The molecule has 0 spiro atoms. The van der Waals surface area contributed by atoms with Crippen molar-refractivity contribution in [3.63, 3.8) is 0 Å². The Bertz CT molecular complexity index is 1070. The Hall–Kier alpha value is -3.44. The highest BCUT2D eigenvalue weighted by atomic mass is 32.1. The molecule has 0 aliphatic heterocycles. The molecule has 0 aliphatic rings. The van der Waals surface area contributed by atoms with Gasteiger partial charge in [-0.3, -0.25) is 4.79 Å². The SMILES string of the molecule is COc1ccc(-c2nc(CCNC(=O)C(c3ccccc3)c3ccccc3)cs2)cc1. The third-order valence-electron chi connectivity index (χ3n) is 5.10. The topological polar surface area (TPSA) is 51.2 Å². The van der Waals surface area contributed by atoms with Gasteiger partial charge in [-0.2, -0.15) is 0 Å². The molecule has 0 atom stereocenters. The van der Waals surface area contributed by atoms with E-state index in [0.717, 1.165) is 33.1 Å². The number of thiazole rings is 1. The fraction of sp³-hybridized carbons (Fsp3) is 0.154. The highest BCUT2D eigenvalue weighted by molar-refractivity contribution is 7.13. The van der Waals surface area contributed by atoms with Crippen molar-refractivity contribution in [1.29, 1.82) is 0 Å². The van der Waals surface area contributed by atoms with Gasteiger partial charge in [-0.25, -0.2) is 4.98 Å². The molecule has 31 heavy (non-hydrogen) atoms. The summed E-state index contributed by atoms with van der Waals surface area (Å²) in [5, 5.41) is 6.12. The van der Waals surface area contributed by atoms with Gasteiger partial charge in [0.05, 0.1) is 18.7 Å². The maximum Gasteiger partial charge on any atom is 0.232 e. The van der Waals surface area contributed by atoms with Crippen LogP contribution in [0.25, 0.3) is 10.6 Å². The average Bonchev–Trinajstić information content (AvgIpc) is 3.30. The summed E-state index contributed by atoms with van der Waals surface area (Å²) in [5.74, 6) is 0.505. The Morgan fingerprint density at radius 2 is 1.55 bits per heavy atom. The first-order valence-corrected chi connectivity index (χ1v) is 11.1. The Morgan fingerprint density at radius 3 is 2.13 bits per heavy atom. The standard InChI is InChI=1S/C26H24N2O2S/c1-30-23-14-12-21(13-15-23)26-28-22(18-31-26)16-17-27-25(29)24(19-8-4-2-5-9-19)20-10-6-3-7-11-20/h2-15,18,24H,16-17H2,1H3,(H,27,29). The molecule has 5 heteroatoms. The van der Waals surface area contributed by atoms with Gasteiger partial charge in [0.15, 0.2) is 0 Å². The molecule has 4 nitrogen and oxygen atoms in total. The number of nitrogens with one attached hydrogen (secondary N) is 1. The molecule has 1 aromatic heterocycles. The zero-order valence-corrected chi connectivity index (χ0v) is 18.1. The first kappa shape index (κ1) is 20.8. The van der Waals surface area contributed by atoms with Crippen molar-refractivity contribution in [2.24, 2.45) is 0 Å². The summed E-state index contributed by atoms with van der Waals surface area (Å²) in [5.41, 5.74) is 4.02. The fourth-order valence-electron chi connectivity index (χ4n) is 3.49. The van der Waals surface area contributed by atoms with Gasteiger partial charge in [0.25, 0.3) is 0 Å². The predicted octanol–water partition coefficient (Wildman–Crippen LogP) is 5.31. The molecule has 4 aromatic rings. The van der Waals surface area contributed by atoms with Crippen LogP contribution < -0.4 is 10.1 Å². The van der Waals surface area contributed by atoms with Crippen molar-refractivity contribution in [3.8, 4) is 16.3 Å². The summed E-state index contributed by atoms with van der Waals surface area (Å²) in [6.07, 6.45) is 0.689. The normalized spacial score (nSPS) is 10.8. The van der Waals surface area contributed by atoms with Gasteiger partial charge in [0.1, 0.15) is 10.8 Å². The lowest BCUT2D eigenvalue weighted by molar-refractivity contribution is -0.121. The van der Waals surface area contributed by atoms with E-state index in [4.69, 9.17) is 9.72 Å². The third-order valence-corrected chi connectivity index (χ3v) is 6.04. The van der Waals surface area contributed by atoms with Crippen LogP contribution in [0.3, 0.4) is 0 Å². The number of carbonyl (C=O) groups excluding carboxylic acids is 1. The van der Waals surface area contributed by atoms with Crippen molar-refractivity contribution in [1.82, 2.24) is 10.3 Å². The summed E-state index contributed by atoms with van der Waals surface area (Å²) in [4.78, 5) is 17.8. The van der Waals surface area contributed by atoms with Crippen molar-refractivity contribution in [2.45, 2.75) is 12.3 Å². The van der Waals surface area contributed by atoms with Gasteiger partial charge in [-0.1, -0.05) is 60.7 Å². The van der Waals surface area contributed by atoms with Crippen molar-refractivity contribution in [2.75, 3.05) is 13.7 Å². The molecule has 156 valence electrons. The van der Waals surface area contributed by atoms with Crippen LogP contribution in [-0.2, 0) is 11.2 Å². The highest BCUT2D eigenvalue weighted by Crippen LogP contribution is 2.26. The number of benzene rings is 3. The first-order chi connectivity index (χ1) is 15.2. The number of hydrogen-bond acceptors (Lipinski definition) is 4. The Morgan fingerprint density at radius 1 is 0.935 bits per heavy atom. The third kappa shape index (κ3) is 5.19. The van der Waals surface area contributed by atoms with Gasteiger partial charge in [0, 0.05) is 23.9 Å². The first-order valence-electron chi connectivity index (χ1n) is 10.2. The van der Waals surface area contributed by atoms with E-state index in [1.165, 1.54) is 0 Å². The molecule has 0 bridgehead atoms. The molecule has 0 saturated carbocycles. The van der Waals surface area contributed by atoms with Gasteiger partial charge in [0.2, 0.25) is 5.91 Å². The van der Waals surface area contributed by atoms with E-state index < -0.39 is 0 Å². The van der Waals surface area contributed by atoms with Crippen LogP contribution >= 0.6 is 11.3 Å². The minimum Gasteiger partial charge on any atom is -0.497 e. The monoisotopic (exact) mass is 428 g/mol. The Labute approximate surface area is 186 Å². The van der Waals surface area contributed by atoms with Crippen molar-refractivity contribution in [3.05, 3.63) is 107 Å². The zero-order valence-electron chi connectivity index (χ0n) is 17.3. The molecule has 0 aliphatic carbocycles.